The lowest BCUT2D eigenvalue weighted by atomic mass is 10.1. The van der Waals surface area contributed by atoms with Crippen LogP contribution in [0.1, 0.15) is 16.7 Å². The first-order chi connectivity index (χ1) is 10.5. The van der Waals surface area contributed by atoms with E-state index in [1.54, 1.807) is 12.1 Å². The maximum Gasteiger partial charge on any atom is 0.191 e. The van der Waals surface area contributed by atoms with Crippen molar-refractivity contribution in [2.45, 2.75) is 13.8 Å². The normalized spacial score (nSPS) is 10.7. The van der Waals surface area contributed by atoms with Crippen LogP contribution in [0.15, 0.2) is 46.0 Å². The minimum Gasteiger partial charge on any atom is -0.331 e. The Morgan fingerprint density at radius 3 is 2.55 bits per heavy atom. The quantitative estimate of drug-likeness (QED) is 0.467. The molecule has 0 heterocycles. The summed E-state index contributed by atoms with van der Waals surface area (Å²) in [6.07, 6.45) is 1.39. The largest absolute Gasteiger partial charge is 0.331 e. The van der Waals surface area contributed by atoms with Gasteiger partial charge in [-0.1, -0.05) is 34.1 Å². The first kappa shape index (κ1) is 16.6. The van der Waals surface area contributed by atoms with E-state index in [2.05, 4.69) is 31.8 Å². The third-order valence-corrected chi connectivity index (χ3v) is 3.74. The monoisotopic (exact) mass is 379 g/mol. The van der Waals surface area contributed by atoms with E-state index in [9.17, 15) is 4.39 Å². The van der Waals surface area contributed by atoms with Gasteiger partial charge in [0.05, 0.1) is 6.21 Å². The van der Waals surface area contributed by atoms with E-state index in [1.807, 2.05) is 32.0 Å². The zero-order chi connectivity index (χ0) is 16.1. The summed E-state index contributed by atoms with van der Waals surface area (Å²) in [6, 6.07) is 10.7. The summed E-state index contributed by atoms with van der Waals surface area (Å²) in [5, 5.41) is 7.40. The lowest BCUT2D eigenvalue weighted by molar-refractivity contribution is 0.625. The van der Waals surface area contributed by atoms with Gasteiger partial charge >= 0.3 is 0 Å². The Hall–Kier alpha value is -1.79. The Kier molecular flexibility index (Phi) is 5.63. The topological polar surface area (TPSA) is 36.4 Å². The Balaban J connectivity index is 1.99. The fourth-order valence-corrected chi connectivity index (χ4v) is 2.41. The van der Waals surface area contributed by atoms with Crippen molar-refractivity contribution >= 4 is 45.2 Å². The van der Waals surface area contributed by atoms with Crippen LogP contribution in [-0.4, -0.2) is 11.3 Å². The molecule has 0 bridgehead atoms. The number of rotatable bonds is 3. The molecular weight excluding hydrogens is 365 g/mol. The van der Waals surface area contributed by atoms with Gasteiger partial charge in [0.1, 0.15) is 5.82 Å². The molecule has 0 atom stereocenters. The van der Waals surface area contributed by atoms with Crippen molar-refractivity contribution in [1.29, 1.82) is 0 Å². The number of hydrazone groups is 1. The van der Waals surface area contributed by atoms with Crippen LogP contribution in [0.25, 0.3) is 0 Å². The predicted molar refractivity (Wildman–Crippen MR) is 97.0 cm³/mol. The second-order valence-electron chi connectivity index (χ2n) is 4.76. The number of halogens is 2. The molecule has 22 heavy (non-hydrogen) atoms. The van der Waals surface area contributed by atoms with Crippen LogP contribution in [0.3, 0.4) is 0 Å². The number of anilines is 1. The maximum absolute atomic E-state index is 13.6. The molecule has 0 radical (unpaired) electrons. The lowest BCUT2D eigenvalue weighted by Gasteiger charge is -2.12. The van der Waals surface area contributed by atoms with E-state index < -0.39 is 0 Å². The van der Waals surface area contributed by atoms with Crippen molar-refractivity contribution in [3.05, 3.63) is 63.4 Å². The smallest absolute Gasteiger partial charge is 0.191 e. The van der Waals surface area contributed by atoms with Crippen molar-refractivity contribution in [1.82, 2.24) is 5.43 Å². The highest BCUT2D eigenvalue weighted by molar-refractivity contribution is 9.10. The van der Waals surface area contributed by atoms with Crippen LogP contribution >= 0.6 is 28.1 Å². The van der Waals surface area contributed by atoms with Gasteiger partial charge in [0, 0.05) is 15.7 Å². The van der Waals surface area contributed by atoms with Crippen LogP contribution < -0.4 is 10.7 Å². The molecule has 0 aliphatic heterocycles. The Morgan fingerprint density at radius 2 is 1.91 bits per heavy atom. The van der Waals surface area contributed by atoms with Gasteiger partial charge in [-0.25, -0.2) is 4.39 Å². The highest BCUT2D eigenvalue weighted by Gasteiger charge is 2.04. The zero-order valence-electron chi connectivity index (χ0n) is 12.2. The minimum absolute atomic E-state index is 0.353. The summed E-state index contributed by atoms with van der Waals surface area (Å²) in [4.78, 5) is 0. The predicted octanol–water partition coefficient (Wildman–Crippen LogP) is 4.53. The molecule has 0 unspecified atom stereocenters. The number of hydrogen-bond donors (Lipinski definition) is 2. The van der Waals surface area contributed by atoms with E-state index in [0.717, 1.165) is 16.8 Å². The summed E-state index contributed by atoms with van der Waals surface area (Å²) in [5.41, 5.74) is 6.20. The average Bonchev–Trinajstić information content (AvgIpc) is 2.45. The van der Waals surface area contributed by atoms with Crippen molar-refractivity contribution < 1.29 is 4.39 Å². The highest BCUT2D eigenvalue weighted by atomic mass is 79.9. The van der Waals surface area contributed by atoms with Gasteiger partial charge < -0.3 is 5.32 Å². The molecule has 2 rings (SSSR count). The van der Waals surface area contributed by atoms with Gasteiger partial charge in [-0.15, -0.1) is 0 Å². The molecule has 0 amide bonds. The average molecular weight is 380 g/mol. The molecule has 6 heteroatoms. The molecule has 0 aromatic heterocycles. The molecule has 114 valence electrons. The van der Waals surface area contributed by atoms with Gasteiger partial charge in [-0.05, 0) is 55.4 Å². The maximum atomic E-state index is 13.6. The molecule has 0 aliphatic carbocycles. The minimum atomic E-state index is -0.353. The van der Waals surface area contributed by atoms with Crippen molar-refractivity contribution in [2.75, 3.05) is 5.32 Å². The van der Waals surface area contributed by atoms with E-state index in [1.165, 1.54) is 12.3 Å². The van der Waals surface area contributed by atoms with E-state index in [0.29, 0.717) is 15.1 Å². The molecule has 2 aromatic rings. The third-order valence-electron chi connectivity index (χ3n) is 3.05. The second kappa shape index (κ2) is 7.47. The number of aryl methyl sites for hydroxylation is 2. The van der Waals surface area contributed by atoms with Crippen molar-refractivity contribution in [3.8, 4) is 0 Å². The SMILES string of the molecule is Cc1cccc(C)c1NC(=S)N/N=C/c1ccc(Br)cc1F. The van der Waals surface area contributed by atoms with Gasteiger partial charge in [0.2, 0.25) is 0 Å². The summed E-state index contributed by atoms with van der Waals surface area (Å²) in [5.74, 6) is -0.353. The van der Waals surface area contributed by atoms with Gasteiger partial charge in [-0.2, -0.15) is 5.10 Å². The molecule has 0 fully saturated rings. The summed E-state index contributed by atoms with van der Waals surface area (Å²) in [6.45, 7) is 4.00. The number of thiocarbonyl (C=S) groups is 1. The number of nitrogens with one attached hydrogen (secondary N) is 2. The molecule has 0 aliphatic rings. The van der Waals surface area contributed by atoms with Crippen molar-refractivity contribution in [3.63, 3.8) is 0 Å². The van der Waals surface area contributed by atoms with Gasteiger partial charge in [0.25, 0.3) is 0 Å². The number of nitrogens with zero attached hydrogens (tertiary/aromatic N) is 1. The Labute approximate surface area is 142 Å². The fourth-order valence-electron chi connectivity index (χ4n) is 1.92. The van der Waals surface area contributed by atoms with Crippen LogP contribution in [-0.2, 0) is 0 Å². The summed E-state index contributed by atoms with van der Waals surface area (Å²) >= 11 is 8.39. The van der Waals surface area contributed by atoms with E-state index in [4.69, 9.17) is 12.2 Å². The Morgan fingerprint density at radius 1 is 1.23 bits per heavy atom. The molecule has 0 spiro atoms. The molecular formula is C16H15BrFN3S. The lowest BCUT2D eigenvalue weighted by Crippen LogP contribution is -2.24. The first-order valence-corrected chi connectivity index (χ1v) is 7.79. The second-order valence-corrected chi connectivity index (χ2v) is 6.08. The number of benzene rings is 2. The zero-order valence-corrected chi connectivity index (χ0v) is 14.6. The molecule has 0 saturated carbocycles. The summed E-state index contributed by atoms with van der Waals surface area (Å²) < 4.78 is 14.3. The van der Waals surface area contributed by atoms with Crippen LogP contribution in [0.4, 0.5) is 10.1 Å². The summed E-state index contributed by atoms with van der Waals surface area (Å²) in [7, 11) is 0. The first-order valence-electron chi connectivity index (χ1n) is 6.58. The molecule has 3 nitrogen and oxygen atoms in total. The fraction of sp³-hybridized carbons (Fsp3) is 0.125. The van der Waals surface area contributed by atoms with E-state index >= 15 is 0 Å². The highest BCUT2D eigenvalue weighted by Crippen LogP contribution is 2.19. The number of para-hydroxylation sites is 1. The van der Waals surface area contributed by atoms with Crippen LogP contribution in [0.5, 0.6) is 0 Å². The van der Waals surface area contributed by atoms with Gasteiger partial charge in [0.15, 0.2) is 5.11 Å². The third kappa shape index (κ3) is 4.35. The van der Waals surface area contributed by atoms with E-state index in [-0.39, 0.29) is 5.82 Å². The van der Waals surface area contributed by atoms with Gasteiger partial charge in [-0.3, -0.25) is 5.43 Å². The molecule has 2 N–H and O–H groups in total. The number of hydrogen-bond acceptors (Lipinski definition) is 2. The Bertz CT molecular complexity index is 711. The molecule has 0 saturated heterocycles. The van der Waals surface area contributed by atoms with Crippen LogP contribution in [0.2, 0.25) is 0 Å². The molecule has 2 aromatic carbocycles. The van der Waals surface area contributed by atoms with Crippen molar-refractivity contribution in [2.24, 2.45) is 5.10 Å². The standard InChI is InChI=1S/C16H15BrFN3S/c1-10-4-3-5-11(2)15(10)20-16(22)21-19-9-12-6-7-13(17)8-14(12)18/h3-9H,1-2H3,(H2,20,21,22)/b19-9+. The van der Waals surface area contributed by atoms with Crippen LogP contribution in [0, 0.1) is 19.7 Å².